The number of halogens is 3. The van der Waals surface area contributed by atoms with E-state index in [2.05, 4.69) is 0 Å². The van der Waals surface area contributed by atoms with Gasteiger partial charge < -0.3 is 4.90 Å². The van der Waals surface area contributed by atoms with Crippen LogP contribution in [0.4, 0.5) is 13.2 Å². The Morgan fingerprint density at radius 1 is 1.64 bits per heavy atom. The van der Waals surface area contributed by atoms with Crippen molar-refractivity contribution in [2.45, 2.75) is 25.3 Å². The van der Waals surface area contributed by atoms with E-state index in [-0.39, 0.29) is 12.8 Å². The normalized spacial score (nSPS) is 25.3. The van der Waals surface area contributed by atoms with Crippen LogP contribution in [0.25, 0.3) is 0 Å². The SMILES string of the molecule is O=C1CCC(C(F)F)N1CF. The summed E-state index contributed by atoms with van der Waals surface area (Å²) in [6, 6.07) is -1.20. The lowest BCUT2D eigenvalue weighted by Gasteiger charge is -2.19. The first-order valence-electron chi connectivity index (χ1n) is 3.30. The van der Waals surface area contributed by atoms with Gasteiger partial charge in [-0.15, -0.1) is 0 Å². The third kappa shape index (κ3) is 1.46. The van der Waals surface area contributed by atoms with Gasteiger partial charge in [-0.2, -0.15) is 0 Å². The number of carbonyl (C=O) groups excluding carboxylic acids is 1. The fourth-order valence-corrected chi connectivity index (χ4v) is 1.17. The van der Waals surface area contributed by atoms with Crippen LogP contribution in [0, 0.1) is 0 Å². The van der Waals surface area contributed by atoms with Gasteiger partial charge in [-0.1, -0.05) is 0 Å². The van der Waals surface area contributed by atoms with Gasteiger partial charge in [0.05, 0.1) is 6.04 Å². The predicted octanol–water partition coefficient (Wildman–Crippen LogP) is 1.17. The molecular weight excluding hydrogens is 159 g/mol. The minimum atomic E-state index is -2.63. The van der Waals surface area contributed by atoms with Crippen molar-refractivity contribution < 1.29 is 18.0 Å². The van der Waals surface area contributed by atoms with E-state index in [4.69, 9.17) is 0 Å². The standard InChI is InChI=1S/C6H8F3NO/c7-3-10-4(6(8)9)1-2-5(10)11/h4,6H,1-3H2. The van der Waals surface area contributed by atoms with Gasteiger partial charge in [-0.25, -0.2) is 13.2 Å². The molecule has 0 aromatic heterocycles. The zero-order valence-electron chi connectivity index (χ0n) is 5.77. The van der Waals surface area contributed by atoms with Gasteiger partial charge in [0.25, 0.3) is 6.43 Å². The second kappa shape index (κ2) is 3.11. The van der Waals surface area contributed by atoms with Crippen molar-refractivity contribution in [1.29, 1.82) is 0 Å². The molecule has 5 heteroatoms. The Bertz CT molecular complexity index is 162. The summed E-state index contributed by atoms with van der Waals surface area (Å²) in [5, 5.41) is 0. The molecule has 1 aliphatic heterocycles. The maximum absolute atomic E-state index is 12.0. The first-order valence-corrected chi connectivity index (χ1v) is 3.30. The van der Waals surface area contributed by atoms with Crippen molar-refractivity contribution in [2.24, 2.45) is 0 Å². The number of amides is 1. The van der Waals surface area contributed by atoms with Crippen molar-refractivity contribution in [3.8, 4) is 0 Å². The van der Waals surface area contributed by atoms with Gasteiger partial charge in [0.15, 0.2) is 6.80 Å². The third-order valence-electron chi connectivity index (χ3n) is 1.79. The first kappa shape index (κ1) is 8.36. The highest BCUT2D eigenvalue weighted by molar-refractivity contribution is 5.78. The van der Waals surface area contributed by atoms with E-state index in [0.717, 1.165) is 0 Å². The highest BCUT2D eigenvalue weighted by atomic mass is 19.3. The van der Waals surface area contributed by atoms with E-state index >= 15 is 0 Å². The van der Waals surface area contributed by atoms with Crippen molar-refractivity contribution in [1.82, 2.24) is 4.90 Å². The fourth-order valence-electron chi connectivity index (χ4n) is 1.17. The van der Waals surface area contributed by atoms with Gasteiger partial charge in [-0.05, 0) is 6.42 Å². The summed E-state index contributed by atoms with van der Waals surface area (Å²) in [5.41, 5.74) is 0. The van der Waals surface area contributed by atoms with Crippen LogP contribution >= 0.6 is 0 Å². The van der Waals surface area contributed by atoms with Crippen LogP contribution in [0.1, 0.15) is 12.8 Å². The Morgan fingerprint density at radius 3 is 2.64 bits per heavy atom. The summed E-state index contributed by atoms with van der Waals surface area (Å²) >= 11 is 0. The monoisotopic (exact) mass is 167 g/mol. The summed E-state index contributed by atoms with van der Waals surface area (Å²) in [5.74, 6) is -0.516. The Labute approximate surface area is 62.0 Å². The summed E-state index contributed by atoms with van der Waals surface area (Å²) in [6.07, 6.45) is -2.52. The third-order valence-corrected chi connectivity index (χ3v) is 1.79. The maximum atomic E-state index is 12.0. The molecule has 1 unspecified atom stereocenters. The topological polar surface area (TPSA) is 20.3 Å². The average Bonchev–Trinajstić information content (AvgIpc) is 2.30. The van der Waals surface area contributed by atoms with Gasteiger partial charge in [0.1, 0.15) is 0 Å². The molecule has 64 valence electrons. The minimum absolute atomic E-state index is 0.0406. The second-order valence-electron chi connectivity index (χ2n) is 2.42. The largest absolute Gasteiger partial charge is 0.306 e. The molecule has 0 radical (unpaired) electrons. The molecule has 0 N–H and O–H groups in total. The zero-order chi connectivity index (χ0) is 8.43. The Kier molecular flexibility index (Phi) is 2.36. The lowest BCUT2D eigenvalue weighted by atomic mass is 10.2. The molecule has 11 heavy (non-hydrogen) atoms. The molecule has 2 nitrogen and oxygen atoms in total. The van der Waals surface area contributed by atoms with Gasteiger partial charge in [-0.3, -0.25) is 4.79 Å². The van der Waals surface area contributed by atoms with Gasteiger partial charge in [0.2, 0.25) is 5.91 Å². The molecule has 0 spiro atoms. The number of rotatable bonds is 2. The van der Waals surface area contributed by atoms with Crippen LogP contribution in [0.5, 0.6) is 0 Å². The minimum Gasteiger partial charge on any atom is -0.306 e. The summed E-state index contributed by atoms with van der Waals surface area (Å²) in [6.45, 7) is -1.10. The van der Waals surface area contributed by atoms with Crippen LogP contribution in [-0.4, -0.2) is 30.1 Å². The van der Waals surface area contributed by atoms with Crippen LogP contribution in [0.15, 0.2) is 0 Å². The van der Waals surface area contributed by atoms with E-state index < -0.39 is 25.2 Å². The molecule has 1 rings (SSSR count). The smallest absolute Gasteiger partial charge is 0.258 e. The first-order chi connectivity index (χ1) is 5.16. The van der Waals surface area contributed by atoms with Crippen molar-refractivity contribution in [3.05, 3.63) is 0 Å². The molecule has 1 aliphatic rings. The van der Waals surface area contributed by atoms with Crippen LogP contribution < -0.4 is 0 Å². The number of hydrogen-bond donors (Lipinski definition) is 0. The van der Waals surface area contributed by atoms with E-state index in [9.17, 15) is 18.0 Å². The molecular formula is C6H8F3NO. The fraction of sp³-hybridized carbons (Fsp3) is 0.833. The molecule has 1 fully saturated rings. The van der Waals surface area contributed by atoms with Crippen LogP contribution in [-0.2, 0) is 4.79 Å². The van der Waals surface area contributed by atoms with E-state index in [1.165, 1.54) is 0 Å². The quantitative estimate of drug-likeness (QED) is 0.565. The highest BCUT2D eigenvalue weighted by Crippen LogP contribution is 2.23. The zero-order valence-corrected chi connectivity index (χ0v) is 5.77. The summed E-state index contributed by atoms with van der Waals surface area (Å²) in [7, 11) is 0. The molecule has 0 aromatic rings. The van der Waals surface area contributed by atoms with E-state index in [0.29, 0.717) is 4.90 Å². The van der Waals surface area contributed by atoms with Crippen LogP contribution in [0.3, 0.4) is 0 Å². The summed E-state index contributed by atoms with van der Waals surface area (Å²) in [4.78, 5) is 11.3. The second-order valence-corrected chi connectivity index (χ2v) is 2.42. The Morgan fingerprint density at radius 2 is 2.27 bits per heavy atom. The molecule has 0 aromatic carbocycles. The predicted molar refractivity (Wildman–Crippen MR) is 31.8 cm³/mol. The number of carbonyl (C=O) groups is 1. The number of hydrogen-bond acceptors (Lipinski definition) is 1. The molecule has 1 saturated heterocycles. The highest BCUT2D eigenvalue weighted by Gasteiger charge is 2.36. The lowest BCUT2D eigenvalue weighted by molar-refractivity contribution is -0.133. The van der Waals surface area contributed by atoms with Gasteiger partial charge >= 0.3 is 0 Å². The number of alkyl halides is 3. The Hall–Kier alpha value is -0.740. The summed E-state index contributed by atoms with van der Waals surface area (Å²) < 4.78 is 35.9. The average molecular weight is 167 g/mol. The van der Waals surface area contributed by atoms with Crippen molar-refractivity contribution in [3.63, 3.8) is 0 Å². The maximum Gasteiger partial charge on any atom is 0.258 e. The lowest BCUT2D eigenvalue weighted by Crippen LogP contribution is -2.36. The van der Waals surface area contributed by atoms with Crippen molar-refractivity contribution >= 4 is 5.91 Å². The molecule has 1 atom stereocenters. The molecule has 1 heterocycles. The molecule has 0 bridgehead atoms. The molecule has 1 amide bonds. The Balaban J connectivity index is 2.61. The molecule has 0 aliphatic carbocycles. The van der Waals surface area contributed by atoms with E-state index in [1.54, 1.807) is 0 Å². The number of likely N-dealkylation sites (tertiary alicyclic amines) is 1. The number of nitrogens with zero attached hydrogens (tertiary/aromatic N) is 1. The van der Waals surface area contributed by atoms with Gasteiger partial charge in [0, 0.05) is 6.42 Å². The van der Waals surface area contributed by atoms with Crippen molar-refractivity contribution in [2.75, 3.05) is 6.80 Å². The van der Waals surface area contributed by atoms with E-state index in [1.807, 2.05) is 0 Å². The van der Waals surface area contributed by atoms with Crippen LogP contribution in [0.2, 0.25) is 0 Å². The molecule has 0 saturated carbocycles.